The van der Waals surface area contributed by atoms with Gasteiger partial charge in [0.15, 0.2) is 6.10 Å². The molecule has 166 valence electrons. The fourth-order valence-corrected chi connectivity index (χ4v) is 3.69. The Hall–Kier alpha value is -3.75. The molecule has 1 aliphatic rings. The molecular formula is C23H21F2N3O4. The number of methoxy groups -OCH3 is 1. The van der Waals surface area contributed by atoms with Crippen LogP contribution in [0.1, 0.15) is 16.8 Å². The quantitative estimate of drug-likeness (QED) is 0.590. The lowest BCUT2D eigenvalue weighted by atomic mass is 10.0. The van der Waals surface area contributed by atoms with Crippen molar-refractivity contribution in [2.45, 2.75) is 18.4 Å². The Morgan fingerprint density at radius 2 is 2.00 bits per heavy atom. The highest BCUT2D eigenvalue weighted by molar-refractivity contribution is 6.03. The molecule has 9 heteroatoms. The van der Waals surface area contributed by atoms with E-state index in [-0.39, 0.29) is 30.2 Å². The van der Waals surface area contributed by atoms with Gasteiger partial charge in [-0.1, -0.05) is 24.3 Å². The maximum Gasteiger partial charge on any atom is 0.287 e. The molecule has 2 heterocycles. The van der Waals surface area contributed by atoms with E-state index < -0.39 is 24.4 Å². The number of para-hydroxylation sites is 2. The molecule has 4 rings (SSSR count). The molecule has 0 saturated carbocycles. The Labute approximate surface area is 182 Å². The van der Waals surface area contributed by atoms with Crippen molar-refractivity contribution in [3.8, 4) is 11.6 Å². The molecule has 2 amide bonds. The number of carbonyl (C=O) groups excluding carboxylic acids is 2. The Kier molecular flexibility index (Phi) is 5.89. The number of ether oxygens (including phenoxy) is 2. The topological polar surface area (TPSA) is 80.8 Å². The van der Waals surface area contributed by atoms with Crippen molar-refractivity contribution < 1.29 is 27.8 Å². The van der Waals surface area contributed by atoms with Crippen LogP contribution in [0.3, 0.4) is 0 Å². The third-order valence-electron chi connectivity index (χ3n) is 5.38. The van der Waals surface area contributed by atoms with Crippen molar-refractivity contribution in [2.75, 3.05) is 25.5 Å². The van der Waals surface area contributed by atoms with E-state index in [0.717, 1.165) is 5.39 Å². The summed E-state index contributed by atoms with van der Waals surface area (Å²) in [5, 5.41) is 3.32. The molecule has 2 aromatic carbocycles. The van der Waals surface area contributed by atoms with Crippen molar-refractivity contribution in [1.29, 1.82) is 0 Å². The maximum absolute atomic E-state index is 14.7. The molecule has 3 aromatic rings. The molecular weight excluding hydrogens is 420 g/mol. The first-order valence-electron chi connectivity index (χ1n) is 9.99. The Morgan fingerprint density at radius 3 is 2.78 bits per heavy atom. The average molecular weight is 441 g/mol. The van der Waals surface area contributed by atoms with E-state index in [1.165, 1.54) is 24.1 Å². The van der Waals surface area contributed by atoms with E-state index in [0.29, 0.717) is 17.7 Å². The zero-order valence-electron chi connectivity index (χ0n) is 17.3. The number of piperidine rings is 1. The summed E-state index contributed by atoms with van der Waals surface area (Å²) in [6, 6.07) is 15.2. The summed E-state index contributed by atoms with van der Waals surface area (Å²) in [4.78, 5) is 29.7. The molecule has 1 fully saturated rings. The molecule has 7 nitrogen and oxygen atoms in total. The molecule has 0 radical (unpaired) electrons. The first-order valence-corrected chi connectivity index (χ1v) is 9.99. The first kappa shape index (κ1) is 21.5. The number of fused-ring (bicyclic) bond motifs is 1. The summed E-state index contributed by atoms with van der Waals surface area (Å²) in [6.07, 6.45) is -1.70. The third kappa shape index (κ3) is 4.18. The molecule has 1 saturated heterocycles. The number of likely N-dealkylation sites (tertiary alicyclic amines) is 1. The second kappa shape index (κ2) is 8.78. The van der Waals surface area contributed by atoms with Gasteiger partial charge >= 0.3 is 0 Å². The van der Waals surface area contributed by atoms with Gasteiger partial charge in [-0.05, 0) is 24.3 Å². The van der Waals surface area contributed by atoms with Crippen LogP contribution in [0.2, 0.25) is 0 Å². The smallest absolute Gasteiger partial charge is 0.287 e. The van der Waals surface area contributed by atoms with Crippen LogP contribution in [-0.2, 0) is 4.79 Å². The number of amides is 2. The normalized spacial score (nSPS) is 17.6. The lowest BCUT2D eigenvalue weighted by Gasteiger charge is -2.38. The van der Waals surface area contributed by atoms with Gasteiger partial charge in [0.25, 0.3) is 11.8 Å². The number of rotatable bonds is 6. The van der Waals surface area contributed by atoms with Crippen molar-refractivity contribution in [3.63, 3.8) is 0 Å². The van der Waals surface area contributed by atoms with Crippen molar-refractivity contribution in [3.05, 3.63) is 60.2 Å². The lowest BCUT2D eigenvalue weighted by molar-refractivity contribution is -0.131. The van der Waals surface area contributed by atoms with Gasteiger partial charge in [0.1, 0.15) is 5.75 Å². The third-order valence-corrected chi connectivity index (χ3v) is 5.38. The summed E-state index contributed by atoms with van der Waals surface area (Å²) in [6.45, 7) is -0.493. The Morgan fingerprint density at radius 1 is 1.19 bits per heavy atom. The summed E-state index contributed by atoms with van der Waals surface area (Å²) in [5.41, 5.74) is 0.947. The predicted molar refractivity (Wildman–Crippen MR) is 114 cm³/mol. The van der Waals surface area contributed by atoms with Crippen LogP contribution in [0.4, 0.5) is 14.5 Å². The highest BCUT2D eigenvalue weighted by atomic mass is 19.3. The predicted octanol–water partition coefficient (Wildman–Crippen LogP) is 3.74. The fraction of sp³-hybridized carbons (Fsp3) is 0.261. The SMILES string of the molecule is COc1cccc(C(=O)N2CCC(F)(F)C(Oc3ccc4ccccc4n3)C2)c1NC=O. The molecule has 1 unspecified atom stereocenters. The van der Waals surface area contributed by atoms with Crippen LogP contribution in [0, 0.1) is 0 Å². The van der Waals surface area contributed by atoms with Gasteiger partial charge in [0.2, 0.25) is 12.3 Å². The minimum atomic E-state index is -3.14. The molecule has 1 aromatic heterocycles. The average Bonchev–Trinajstić information content (AvgIpc) is 2.80. The number of pyridine rings is 1. The molecule has 0 bridgehead atoms. The van der Waals surface area contributed by atoms with E-state index in [1.807, 2.05) is 12.1 Å². The number of benzene rings is 2. The van der Waals surface area contributed by atoms with E-state index in [2.05, 4.69) is 10.3 Å². The van der Waals surface area contributed by atoms with Gasteiger partial charge in [-0.25, -0.2) is 13.8 Å². The summed E-state index contributed by atoms with van der Waals surface area (Å²) < 4.78 is 40.1. The number of nitrogens with one attached hydrogen (secondary N) is 1. The van der Waals surface area contributed by atoms with E-state index in [1.54, 1.807) is 30.3 Å². The van der Waals surface area contributed by atoms with E-state index >= 15 is 0 Å². The number of alkyl halides is 2. The Balaban J connectivity index is 1.58. The van der Waals surface area contributed by atoms with Gasteiger partial charge in [-0.3, -0.25) is 9.59 Å². The van der Waals surface area contributed by atoms with Gasteiger partial charge in [-0.2, -0.15) is 0 Å². The van der Waals surface area contributed by atoms with Gasteiger partial charge < -0.3 is 19.7 Å². The van der Waals surface area contributed by atoms with Gasteiger partial charge in [0.05, 0.1) is 30.4 Å². The Bertz CT molecular complexity index is 1160. The maximum atomic E-state index is 14.7. The van der Waals surface area contributed by atoms with Crippen LogP contribution >= 0.6 is 0 Å². The monoisotopic (exact) mass is 441 g/mol. The fourth-order valence-electron chi connectivity index (χ4n) is 3.69. The zero-order valence-corrected chi connectivity index (χ0v) is 17.3. The van der Waals surface area contributed by atoms with Gasteiger partial charge in [0, 0.05) is 24.4 Å². The molecule has 0 aliphatic carbocycles. The highest BCUT2D eigenvalue weighted by Gasteiger charge is 2.47. The summed E-state index contributed by atoms with van der Waals surface area (Å²) in [7, 11) is 1.40. The first-order chi connectivity index (χ1) is 15.4. The number of carbonyl (C=O) groups is 2. The number of hydrogen-bond acceptors (Lipinski definition) is 5. The van der Waals surface area contributed by atoms with Crippen LogP contribution in [0.15, 0.2) is 54.6 Å². The molecule has 1 atom stereocenters. The molecule has 1 aliphatic heterocycles. The summed E-state index contributed by atoms with van der Waals surface area (Å²) >= 11 is 0. The minimum absolute atomic E-state index is 0.0624. The summed E-state index contributed by atoms with van der Waals surface area (Å²) in [5.74, 6) is -3.29. The van der Waals surface area contributed by atoms with Crippen LogP contribution in [-0.4, -0.2) is 54.4 Å². The van der Waals surface area contributed by atoms with E-state index in [9.17, 15) is 18.4 Å². The van der Waals surface area contributed by atoms with Gasteiger partial charge in [-0.15, -0.1) is 0 Å². The van der Waals surface area contributed by atoms with E-state index in [4.69, 9.17) is 9.47 Å². The zero-order chi connectivity index (χ0) is 22.7. The molecule has 32 heavy (non-hydrogen) atoms. The minimum Gasteiger partial charge on any atom is -0.495 e. The molecule has 1 N–H and O–H groups in total. The molecule has 0 spiro atoms. The number of anilines is 1. The number of halogens is 2. The number of nitrogens with zero attached hydrogens (tertiary/aromatic N) is 2. The van der Waals surface area contributed by atoms with Crippen LogP contribution in [0.25, 0.3) is 10.9 Å². The van der Waals surface area contributed by atoms with Crippen molar-refractivity contribution in [1.82, 2.24) is 9.88 Å². The van der Waals surface area contributed by atoms with Crippen LogP contribution in [0.5, 0.6) is 11.6 Å². The number of hydrogen-bond donors (Lipinski definition) is 1. The lowest BCUT2D eigenvalue weighted by Crippen LogP contribution is -2.55. The standard InChI is InChI=1S/C23H21F2N3O4/c1-31-18-8-4-6-16(21(18)26-14-29)22(30)28-12-11-23(24,25)19(13-28)32-20-10-9-15-5-2-3-7-17(15)27-20/h2-10,14,19H,11-13H2,1H3,(H,26,29). The van der Waals surface area contributed by atoms with Crippen molar-refractivity contribution >= 4 is 28.9 Å². The largest absolute Gasteiger partial charge is 0.495 e. The second-order valence-electron chi connectivity index (χ2n) is 7.36. The number of aromatic nitrogens is 1. The second-order valence-corrected chi connectivity index (χ2v) is 7.36. The van der Waals surface area contributed by atoms with Crippen molar-refractivity contribution in [2.24, 2.45) is 0 Å². The van der Waals surface area contributed by atoms with Crippen LogP contribution < -0.4 is 14.8 Å². The highest BCUT2D eigenvalue weighted by Crippen LogP contribution is 2.34.